The Labute approximate surface area is 108 Å². The van der Waals surface area contributed by atoms with Crippen LogP contribution in [0.4, 0.5) is 8.78 Å². The van der Waals surface area contributed by atoms with E-state index in [1.54, 1.807) is 7.05 Å². The maximum atomic E-state index is 12.2. The van der Waals surface area contributed by atoms with Crippen LogP contribution in [0.15, 0.2) is 18.2 Å². The Kier molecular flexibility index (Phi) is 5.30. The molecular weight excluding hydrogens is 268 g/mol. The highest BCUT2D eigenvalue weighted by molar-refractivity contribution is 6.30. The fraction of sp³-hybridized carbons (Fsp3) is 0.364. The first kappa shape index (κ1) is 14.7. The number of nitrogens with zero attached hydrogens (tertiary/aromatic N) is 1. The highest BCUT2D eigenvalue weighted by atomic mass is 35.5. The van der Waals surface area contributed by atoms with Crippen LogP contribution >= 0.6 is 11.6 Å². The smallest absolute Gasteiger partial charge is 0.387 e. The predicted molar refractivity (Wildman–Crippen MR) is 62.1 cm³/mol. The molecule has 1 aromatic carbocycles. The van der Waals surface area contributed by atoms with Gasteiger partial charge in [0.2, 0.25) is 0 Å². The second-order valence-corrected chi connectivity index (χ2v) is 4.13. The molecule has 1 N–H and O–H groups in total. The number of rotatable bonds is 6. The van der Waals surface area contributed by atoms with Gasteiger partial charge in [0.15, 0.2) is 0 Å². The molecule has 0 bridgehead atoms. The molecule has 0 fully saturated rings. The number of aliphatic carboxylic acids is 1. The molecule has 0 aliphatic carbocycles. The van der Waals surface area contributed by atoms with Crippen LogP contribution in [-0.4, -0.2) is 36.2 Å². The number of ether oxygens (including phenoxy) is 1. The van der Waals surface area contributed by atoms with Crippen LogP contribution in [0.3, 0.4) is 0 Å². The van der Waals surface area contributed by atoms with Crippen molar-refractivity contribution in [3.05, 3.63) is 28.8 Å². The number of likely N-dealkylation sites (N-methyl/N-ethyl adjacent to an activating group) is 1. The predicted octanol–water partition coefficient (Wildman–Crippen LogP) is 2.46. The molecule has 4 nitrogen and oxygen atoms in total. The van der Waals surface area contributed by atoms with Gasteiger partial charge in [-0.2, -0.15) is 8.78 Å². The Balaban J connectivity index is 2.84. The largest absolute Gasteiger partial charge is 0.480 e. The minimum Gasteiger partial charge on any atom is -0.480 e. The van der Waals surface area contributed by atoms with Crippen LogP contribution in [-0.2, 0) is 11.3 Å². The fourth-order valence-electron chi connectivity index (χ4n) is 1.46. The van der Waals surface area contributed by atoms with Crippen LogP contribution in [0.25, 0.3) is 0 Å². The lowest BCUT2D eigenvalue weighted by molar-refractivity contribution is -0.138. The molecule has 7 heteroatoms. The van der Waals surface area contributed by atoms with Gasteiger partial charge in [0.25, 0.3) is 0 Å². The van der Waals surface area contributed by atoms with Gasteiger partial charge in [0.05, 0.1) is 6.54 Å². The second-order valence-electron chi connectivity index (χ2n) is 3.70. The summed E-state index contributed by atoms with van der Waals surface area (Å²) >= 11 is 5.76. The van der Waals surface area contributed by atoms with Gasteiger partial charge >= 0.3 is 12.6 Å². The molecule has 0 aromatic heterocycles. The van der Waals surface area contributed by atoms with Crippen LogP contribution < -0.4 is 4.74 Å². The van der Waals surface area contributed by atoms with Crippen molar-refractivity contribution < 1.29 is 23.4 Å². The van der Waals surface area contributed by atoms with Crippen LogP contribution in [0, 0.1) is 0 Å². The molecule has 0 aliphatic rings. The Morgan fingerprint density at radius 1 is 1.56 bits per heavy atom. The number of carboxylic acid groups (broad SMARTS) is 1. The fourth-order valence-corrected chi connectivity index (χ4v) is 1.65. The molecule has 0 saturated carbocycles. The average Bonchev–Trinajstić information content (AvgIpc) is 2.20. The molecule has 0 radical (unpaired) electrons. The molecule has 100 valence electrons. The number of carboxylic acids is 1. The summed E-state index contributed by atoms with van der Waals surface area (Å²) in [6, 6.07) is 4.23. The van der Waals surface area contributed by atoms with E-state index in [-0.39, 0.29) is 18.8 Å². The van der Waals surface area contributed by atoms with Gasteiger partial charge in [0, 0.05) is 17.1 Å². The van der Waals surface area contributed by atoms with E-state index < -0.39 is 12.6 Å². The van der Waals surface area contributed by atoms with Crippen molar-refractivity contribution in [1.82, 2.24) is 4.90 Å². The first-order valence-corrected chi connectivity index (χ1v) is 5.40. The van der Waals surface area contributed by atoms with Crippen molar-refractivity contribution in [2.24, 2.45) is 0 Å². The maximum absolute atomic E-state index is 12.2. The van der Waals surface area contributed by atoms with Crippen LogP contribution in [0.2, 0.25) is 5.02 Å². The summed E-state index contributed by atoms with van der Waals surface area (Å²) in [5, 5.41) is 8.98. The lowest BCUT2D eigenvalue weighted by Gasteiger charge is -2.17. The molecule has 1 aromatic rings. The van der Waals surface area contributed by atoms with E-state index in [9.17, 15) is 13.6 Å². The van der Waals surface area contributed by atoms with Gasteiger partial charge < -0.3 is 9.84 Å². The molecular formula is C11H12ClF2NO3. The number of carbonyl (C=O) groups is 1. The Morgan fingerprint density at radius 2 is 2.22 bits per heavy atom. The number of benzene rings is 1. The summed E-state index contributed by atoms with van der Waals surface area (Å²) in [6.07, 6.45) is 0. The van der Waals surface area contributed by atoms with Crippen molar-refractivity contribution in [2.45, 2.75) is 13.2 Å². The highest BCUT2D eigenvalue weighted by Crippen LogP contribution is 2.25. The molecule has 0 saturated heterocycles. The second kappa shape index (κ2) is 6.51. The zero-order chi connectivity index (χ0) is 13.7. The van der Waals surface area contributed by atoms with Gasteiger partial charge in [-0.25, -0.2) is 0 Å². The summed E-state index contributed by atoms with van der Waals surface area (Å²) in [4.78, 5) is 12.0. The van der Waals surface area contributed by atoms with Crippen molar-refractivity contribution in [3.63, 3.8) is 0 Å². The Bertz CT molecular complexity index is 429. The molecule has 0 aliphatic heterocycles. The van der Waals surface area contributed by atoms with Gasteiger partial charge in [-0.1, -0.05) is 11.6 Å². The number of hydrogen-bond donors (Lipinski definition) is 1. The van der Waals surface area contributed by atoms with E-state index in [0.717, 1.165) is 0 Å². The molecule has 0 unspecified atom stereocenters. The number of alkyl halides is 2. The summed E-state index contributed by atoms with van der Waals surface area (Å²) in [5.41, 5.74) is 0.409. The minimum atomic E-state index is -2.94. The molecule has 0 spiro atoms. The highest BCUT2D eigenvalue weighted by Gasteiger charge is 2.13. The molecule has 0 amide bonds. The zero-order valence-electron chi connectivity index (χ0n) is 9.57. The van der Waals surface area contributed by atoms with E-state index in [4.69, 9.17) is 16.7 Å². The standard InChI is InChI=1S/C11H12ClF2NO3/c1-15(6-10(16)17)5-7-4-8(12)2-3-9(7)18-11(13)14/h2-4,11H,5-6H2,1H3,(H,16,17). The summed E-state index contributed by atoms with van der Waals surface area (Å²) in [6.45, 7) is -3.00. The van der Waals surface area contributed by atoms with E-state index in [0.29, 0.717) is 10.6 Å². The third-order valence-electron chi connectivity index (χ3n) is 2.08. The molecule has 0 heterocycles. The van der Waals surface area contributed by atoms with E-state index >= 15 is 0 Å². The average molecular weight is 280 g/mol. The first-order chi connectivity index (χ1) is 8.38. The zero-order valence-corrected chi connectivity index (χ0v) is 10.3. The van der Waals surface area contributed by atoms with Gasteiger partial charge in [0.1, 0.15) is 5.75 Å². The van der Waals surface area contributed by atoms with E-state index in [1.807, 2.05) is 0 Å². The van der Waals surface area contributed by atoms with Crippen molar-refractivity contribution in [1.29, 1.82) is 0 Å². The number of halogens is 3. The summed E-state index contributed by atoms with van der Waals surface area (Å²) < 4.78 is 28.7. The quantitative estimate of drug-likeness (QED) is 0.869. The normalized spacial score (nSPS) is 11.0. The maximum Gasteiger partial charge on any atom is 0.387 e. The Morgan fingerprint density at radius 3 is 2.78 bits per heavy atom. The topological polar surface area (TPSA) is 49.8 Å². The van der Waals surface area contributed by atoms with E-state index in [1.165, 1.54) is 23.1 Å². The summed E-state index contributed by atoms with van der Waals surface area (Å²) in [5.74, 6) is -1.01. The van der Waals surface area contributed by atoms with Gasteiger partial charge in [-0.3, -0.25) is 9.69 Å². The van der Waals surface area contributed by atoms with Crippen LogP contribution in [0.1, 0.15) is 5.56 Å². The summed E-state index contributed by atoms with van der Waals surface area (Å²) in [7, 11) is 1.56. The lowest BCUT2D eigenvalue weighted by Crippen LogP contribution is -2.25. The third kappa shape index (κ3) is 4.85. The molecule has 0 atom stereocenters. The van der Waals surface area contributed by atoms with E-state index in [2.05, 4.69) is 4.74 Å². The SMILES string of the molecule is CN(CC(=O)O)Cc1cc(Cl)ccc1OC(F)F. The van der Waals surface area contributed by atoms with Gasteiger partial charge in [-0.15, -0.1) is 0 Å². The van der Waals surface area contributed by atoms with Crippen molar-refractivity contribution in [3.8, 4) is 5.75 Å². The number of hydrogen-bond acceptors (Lipinski definition) is 3. The Hall–Kier alpha value is -1.40. The third-order valence-corrected chi connectivity index (χ3v) is 2.32. The monoisotopic (exact) mass is 279 g/mol. The van der Waals surface area contributed by atoms with Crippen LogP contribution in [0.5, 0.6) is 5.75 Å². The van der Waals surface area contributed by atoms with Crippen molar-refractivity contribution >= 4 is 17.6 Å². The first-order valence-electron chi connectivity index (χ1n) is 5.02. The minimum absolute atomic E-state index is 0.00774. The van der Waals surface area contributed by atoms with Crippen molar-refractivity contribution in [2.75, 3.05) is 13.6 Å². The molecule has 1 rings (SSSR count). The molecule has 18 heavy (non-hydrogen) atoms. The van der Waals surface area contributed by atoms with Gasteiger partial charge in [-0.05, 0) is 25.2 Å². The lowest BCUT2D eigenvalue weighted by atomic mass is 10.2.